The molecule has 10 nitrogen and oxygen atoms in total. The Morgan fingerprint density at radius 3 is 1.05 bits per heavy atom. The van der Waals surface area contributed by atoms with Gasteiger partial charge in [-0.3, -0.25) is 0 Å². The number of aliphatic carboxylic acids is 4. The number of hydrogen-bond donors (Lipinski definition) is 2. The van der Waals surface area contributed by atoms with Gasteiger partial charge in [-0.1, -0.05) is 0 Å². The van der Waals surface area contributed by atoms with Crippen molar-refractivity contribution in [2.45, 2.75) is 24.9 Å². The van der Waals surface area contributed by atoms with Crippen LogP contribution in [0.1, 0.15) is 15.7 Å². The summed E-state index contributed by atoms with van der Waals surface area (Å²) in [4.78, 5) is 38.7. The molecule has 11 heteroatoms. The molecule has 0 rings (SSSR count). The Morgan fingerprint density at radius 2 is 1.00 bits per heavy atom. The predicted molar refractivity (Wildman–Crippen MR) is 47.4 cm³/mol. The maximum atomic E-state index is 9.71. The van der Waals surface area contributed by atoms with E-state index >= 15 is 0 Å². The third-order valence-corrected chi connectivity index (χ3v) is 1.38. The van der Waals surface area contributed by atoms with Crippen molar-refractivity contribution in [2.75, 3.05) is 0 Å². The average Bonchev–Trinajstić information content (AvgIpc) is 2.16. The Hall–Kier alpha value is -1.58. The fourth-order valence-electron chi connectivity index (χ4n) is 0.526. The van der Waals surface area contributed by atoms with Crippen LogP contribution in [0.15, 0.2) is 0 Å². The van der Waals surface area contributed by atoms with Gasteiger partial charge in [0, 0.05) is 36.9 Å². The molecule has 0 fully saturated rings. The molecule has 0 saturated heterocycles. The van der Waals surface area contributed by atoms with E-state index in [2.05, 4.69) is 0 Å². The summed E-state index contributed by atoms with van der Waals surface area (Å²) in [6.07, 6.45) is -1.41. The maximum Gasteiger partial charge on any atom is 2.00 e. The Morgan fingerprint density at radius 1 is 0.789 bits per heavy atom. The van der Waals surface area contributed by atoms with Crippen molar-refractivity contribution in [2.24, 2.45) is 11.5 Å². The first-order valence-corrected chi connectivity index (χ1v) is 4.40. The van der Waals surface area contributed by atoms with E-state index in [1.807, 2.05) is 0 Å². The van der Waals surface area contributed by atoms with Crippen molar-refractivity contribution >= 4 is 23.9 Å². The predicted octanol–water partition coefficient (Wildman–Crippen LogP) is -7.37. The maximum absolute atomic E-state index is 9.71. The summed E-state index contributed by atoms with van der Waals surface area (Å²) in [5, 5.41) is 38.7. The van der Waals surface area contributed by atoms with Gasteiger partial charge in [-0.15, -0.1) is 0 Å². The first-order chi connectivity index (χ1) is 8.07. The summed E-state index contributed by atoms with van der Waals surface area (Å²) >= 11 is 0. The first-order valence-electron chi connectivity index (χ1n) is 4.40. The number of carboxylic acid groups (broad SMARTS) is 4. The summed E-state index contributed by atoms with van der Waals surface area (Å²) < 4.78 is 0. The molecule has 0 saturated carbocycles. The Bertz CT molecular complexity index is 312. The topological polar surface area (TPSA) is 213 Å². The Kier molecular flexibility index (Phi) is 13.7. The molecule has 0 aromatic heterocycles. The summed E-state index contributed by atoms with van der Waals surface area (Å²) in [5.74, 6) is -6.16. The minimum Gasteiger partial charge on any atom is -0.550 e. The molecule has 0 heterocycles. The minimum absolute atomic E-state index is 0. The van der Waals surface area contributed by atoms with Gasteiger partial charge in [-0.05, 0) is 0 Å². The van der Waals surface area contributed by atoms with Crippen LogP contribution < -0.4 is 31.9 Å². The Labute approximate surface area is 123 Å². The van der Waals surface area contributed by atoms with E-state index in [1.165, 1.54) is 0 Å². The van der Waals surface area contributed by atoms with Crippen LogP contribution in [0.4, 0.5) is 0 Å². The third-order valence-electron chi connectivity index (χ3n) is 1.38. The molecule has 0 aliphatic rings. The SMILES string of the molecule is N[C@@H](CC(=O)[O-])C(=O)[O-].N[C@@H](CC(=O)[O-])C(=O)[O-].[H+].[H+].[Zn+2]. The summed E-state index contributed by atoms with van der Waals surface area (Å²) in [6, 6.07) is -2.93. The third kappa shape index (κ3) is 16.4. The molecule has 0 aliphatic carbocycles. The first kappa shape index (κ1) is 22.6. The van der Waals surface area contributed by atoms with Gasteiger partial charge < -0.3 is 51.1 Å². The fourth-order valence-corrected chi connectivity index (χ4v) is 0.526. The van der Waals surface area contributed by atoms with Gasteiger partial charge in [0.05, 0.1) is 11.9 Å². The number of carboxylic acids is 4. The molecule has 104 valence electrons. The van der Waals surface area contributed by atoms with Gasteiger partial charge in [0.15, 0.2) is 0 Å². The summed E-state index contributed by atoms with van der Waals surface area (Å²) in [7, 11) is 0. The fraction of sp³-hybridized carbons (Fsp3) is 0.500. The molecule has 0 spiro atoms. The van der Waals surface area contributed by atoms with Crippen LogP contribution in [0.3, 0.4) is 0 Å². The largest absolute Gasteiger partial charge is 2.00 e. The second kappa shape index (κ2) is 11.5. The van der Waals surface area contributed by atoms with Gasteiger partial charge in [-0.2, -0.15) is 0 Å². The molecule has 4 N–H and O–H groups in total. The van der Waals surface area contributed by atoms with Crippen LogP contribution in [0.25, 0.3) is 0 Å². The van der Waals surface area contributed by atoms with E-state index in [1.54, 1.807) is 0 Å². The molecular weight excluding hydrogens is 317 g/mol. The molecule has 0 aromatic carbocycles. The van der Waals surface area contributed by atoms with Gasteiger partial charge in [0.25, 0.3) is 0 Å². The minimum atomic E-state index is -1.58. The molecule has 19 heavy (non-hydrogen) atoms. The molecule has 0 radical (unpaired) electrons. The normalized spacial score (nSPS) is 11.9. The smallest absolute Gasteiger partial charge is 0.550 e. The number of rotatable bonds is 6. The molecule has 0 unspecified atom stereocenters. The van der Waals surface area contributed by atoms with E-state index in [0.717, 1.165) is 0 Å². The van der Waals surface area contributed by atoms with Crippen molar-refractivity contribution in [3.05, 3.63) is 0 Å². The van der Waals surface area contributed by atoms with E-state index in [4.69, 9.17) is 11.5 Å². The summed E-state index contributed by atoms with van der Waals surface area (Å²) in [5.41, 5.74) is 9.47. The monoisotopic (exact) mass is 328 g/mol. The number of nitrogens with two attached hydrogens (primary N) is 2. The standard InChI is InChI=1S/2C4H7NO4.Zn/c2*5-2(4(8)9)1-3(6)7;/h2*2H,1,5H2,(H,6,7)(H,8,9);/q;;+2/p-2/t2*2-;/m00./s1. The molecular formula is C8H12N2O8Zn. The van der Waals surface area contributed by atoms with E-state index in [0.29, 0.717) is 0 Å². The Balaban J connectivity index is -0.0000000711. The zero-order valence-electron chi connectivity index (χ0n) is 11.7. The van der Waals surface area contributed by atoms with E-state index in [-0.39, 0.29) is 22.3 Å². The molecule has 0 aromatic rings. The van der Waals surface area contributed by atoms with Crippen LogP contribution in [-0.2, 0) is 38.7 Å². The zero-order chi connectivity index (χ0) is 14.9. The molecule has 0 bridgehead atoms. The van der Waals surface area contributed by atoms with Crippen LogP contribution in [0, 0.1) is 0 Å². The molecule has 2 atom stereocenters. The molecule has 0 amide bonds. The zero-order valence-corrected chi connectivity index (χ0v) is 12.7. The van der Waals surface area contributed by atoms with Gasteiger partial charge in [0.2, 0.25) is 0 Å². The van der Waals surface area contributed by atoms with E-state index in [9.17, 15) is 39.6 Å². The van der Waals surface area contributed by atoms with Gasteiger partial charge in [-0.25, -0.2) is 0 Å². The number of carbonyl (C=O) groups excluding carboxylic acids is 4. The van der Waals surface area contributed by atoms with Gasteiger partial charge in [0.1, 0.15) is 0 Å². The van der Waals surface area contributed by atoms with Gasteiger partial charge >= 0.3 is 22.3 Å². The van der Waals surface area contributed by atoms with E-state index < -0.39 is 48.8 Å². The van der Waals surface area contributed by atoms with Crippen molar-refractivity contribution in [3.63, 3.8) is 0 Å². The van der Waals surface area contributed by atoms with Crippen molar-refractivity contribution < 1.29 is 61.9 Å². The number of hydrogen-bond acceptors (Lipinski definition) is 10. The van der Waals surface area contributed by atoms with Crippen molar-refractivity contribution in [1.29, 1.82) is 0 Å². The molecule has 0 aliphatic heterocycles. The second-order valence-corrected chi connectivity index (χ2v) is 3.00. The van der Waals surface area contributed by atoms with Crippen LogP contribution in [0.2, 0.25) is 0 Å². The quantitative estimate of drug-likeness (QED) is 0.439. The van der Waals surface area contributed by atoms with Crippen LogP contribution in [0.5, 0.6) is 0 Å². The van der Waals surface area contributed by atoms with Crippen LogP contribution >= 0.6 is 0 Å². The number of carbonyl (C=O) groups is 4. The van der Waals surface area contributed by atoms with Crippen molar-refractivity contribution in [3.8, 4) is 0 Å². The second-order valence-electron chi connectivity index (χ2n) is 3.00. The summed E-state index contributed by atoms with van der Waals surface area (Å²) in [6.45, 7) is 0. The van der Waals surface area contributed by atoms with Crippen LogP contribution in [-0.4, -0.2) is 36.0 Å². The van der Waals surface area contributed by atoms with Crippen molar-refractivity contribution in [1.82, 2.24) is 0 Å². The average molecular weight is 330 g/mol.